The molecular formula is C15H13F3N2O2. The fourth-order valence-corrected chi connectivity index (χ4v) is 2.15. The van der Waals surface area contributed by atoms with Gasteiger partial charge in [-0.15, -0.1) is 0 Å². The molecule has 0 saturated heterocycles. The van der Waals surface area contributed by atoms with Crippen LogP contribution in [0.15, 0.2) is 28.8 Å². The molecule has 1 aromatic heterocycles. The molecule has 0 unspecified atom stereocenters. The van der Waals surface area contributed by atoms with E-state index in [1.807, 2.05) is 0 Å². The van der Waals surface area contributed by atoms with Crippen molar-refractivity contribution in [2.45, 2.75) is 31.9 Å². The number of halogens is 3. The van der Waals surface area contributed by atoms with Crippen LogP contribution in [0.2, 0.25) is 0 Å². The van der Waals surface area contributed by atoms with Crippen LogP contribution in [0.4, 0.5) is 13.2 Å². The van der Waals surface area contributed by atoms with Gasteiger partial charge in [-0.05, 0) is 24.8 Å². The number of hydrogen-bond acceptors (Lipinski definition) is 4. The van der Waals surface area contributed by atoms with Gasteiger partial charge in [0.1, 0.15) is 5.78 Å². The molecule has 1 aliphatic carbocycles. The van der Waals surface area contributed by atoms with E-state index in [0.717, 1.165) is 18.4 Å². The second-order valence-corrected chi connectivity index (χ2v) is 5.36. The fourth-order valence-electron chi connectivity index (χ4n) is 2.15. The zero-order valence-electron chi connectivity index (χ0n) is 11.6. The zero-order valence-corrected chi connectivity index (χ0v) is 11.6. The Morgan fingerprint density at radius 3 is 2.45 bits per heavy atom. The van der Waals surface area contributed by atoms with Gasteiger partial charge in [0.15, 0.2) is 0 Å². The Morgan fingerprint density at radius 2 is 1.91 bits per heavy atom. The first-order chi connectivity index (χ1) is 10.4. The Labute approximate surface area is 124 Å². The molecule has 0 spiro atoms. The molecule has 0 aliphatic heterocycles. The number of aromatic nitrogens is 2. The van der Waals surface area contributed by atoms with E-state index in [-0.39, 0.29) is 17.5 Å². The van der Waals surface area contributed by atoms with Crippen LogP contribution in [0.5, 0.6) is 0 Å². The van der Waals surface area contributed by atoms with E-state index in [9.17, 15) is 18.0 Å². The first-order valence-corrected chi connectivity index (χ1v) is 6.96. The quantitative estimate of drug-likeness (QED) is 0.845. The van der Waals surface area contributed by atoms with Crippen LogP contribution in [0.3, 0.4) is 0 Å². The van der Waals surface area contributed by atoms with Crippen LogP contribution in [-0.4, -0.2) is 15.9 Å². The van der Waals surface area contributed by atoms with Crippen molar-refractivity contribution < 1.29 is 22.5 Å². The van der Waals surface area contributed by atoms with E-state index in [4.69, 9.17) is 0 Å². The number of rotatable bonds is 5. The van der Waals surface area contributed by atoms with Crippen LogP contribution >= 0.6 is 0 Å². The summed E-state index contributed by atoms with van der Waals surface area (Å²) in [4.78, 5) is 15.0. The van der Waals surface area contributed by atoms with Gasteiger partial charge in [0.05, 0.1) is 0 Å². The van der Waals surface area contributed by atoms with Crippen LogP contribution in [0.25, 0.3) is 11.4 Å². The third kappa shape index (κ3) is 3.35. The summed E-state index contributed by atoms with van der Waals surface area (Å²) >= 11 is 0. The molecule has 116 valence electrons. The maximum Gasteiger partial charge on any atom is 0.471 e. The molecule has 7 heteroatoms. The molecule has 1 fully saturated rings. The average molecular weight is 310 g/mol. The average Bonchev–Trinajstić information content (AvgIpc) is 3.21. The molecule has 1 saturated carbocycles. The highest BCUT2D eigenvalue weighted by Gasteiger charge is 2.38. The van der Waals surface area contributed by atoms with Crippen LogP contribution in [-0.2, 0) is 17.4 Å². The Morgan fingerprint density at radius 1 is 1.23 bits per heavy atom. The number of alkyl halides is 3. The standard InChI is InChI=1S/C15H13F3N2O2/c16-15(17,18)14-19-13(20-22-14)11-4-1-9(2-5-11)3-8-12(21)10-6-7-10/h1-2,4-5,10H,3,6-8H2. The molecule has 3 rings (SSSR count). The topological polar surface area (TPSA) is 56.0 Å². The zero-order chi connectivity index (χ0) is 15.7. The minimum Gasteiger partial charge on any atom is -0.329 e. The molecule has 0 atom stereocenters. The number of carbonyl (C=O) groups is 1. The van der Waals surface area contributed by atoms with Crippen LogP contribution < -0.4 is 0 Å². The van der Waals surface area contributed by atoms with Crippen molar-refractivity contribution in [3.05, 3.63) is 35.7 Å². The summed E-state index contributed by atoms with van der Waals surface area (Å²) in [5.41, 5.74) is 1.40. The largest absolute Gasteiger partial charge is 0.471 e. The predicted molar refractivity (Wildman–Crippen MR) is 70.8 cm³/mol. The van der Waals surface area contributed by atoms with Crippen molar-refractivity contribution in [1.29, 1.82) is 0 Å². The molecule has 22 heavy (non-hydrogen) atoms. The van der Waals surface area contributed by atoms with Gasteiger partial charge < -0.3 is 4.52 Å². The lowest BCUT2D eigenvalue weighted by atomic mass is 10.0. The smallest absolute Gasteiger partial charge is 0.329 e. The number of ketones is 1. The predicted octanol–water partition coefficient (Wildman–Crippen LogP) is 3.67. The van der Waals surface area contributed by atoms with Crippen molar-refractivity contribution in [3.63, 3.8) is 0 Å². The summed E-state index contributed by atoms with van der Waals surface area (Å²) in [6, 6.07) is 6.78. The molecule has 4 nitrogen and oxygen atoms in total. The minimum atomic E-state index is -4.64. The first-order valence-electron chi connectivity index (χ1n) is 6.96. The monoisotopic (exact) mass is 310 g/mol. The van der Waals surface area contributed by atoms with E-state index in [1.54, 1.807) is 24.3 Å². The van der Waals surface area contributed by atoms with E-state index in [0.29, 0.717) is 18.4 Å². The van der Waals surface area contributed by atoms with Crippen LogP contribution in [0, 0.1) is 5.92 Å². The maximum absolute atomic E-state index is 12.4. The lowest BCUT2D eigenvalue weighted by Gasteiger charge is -2.01. The molecule has 1 aromatic carbocycles. The highest BCUT2D eigenvalue weighted by molar-refractivity contribution is 5.83. The maximum atomic E-state index is 12.4. The number of nitrogens with zero attached hydrogens (tertiary/aromatic N) is 2. The molecule has 0 amide bonds. The molecule has 0 N–H and O–H groups in total. The first kappa shape index (κ1) is 14.7. The highest BCUT2D eigenvalue weighted by Crippen LogP contribution is 2.31. The normalized spacial score (nSPS) is 15.0. The lowest BCUT2D eigenvalue weighted by molar-refractivity contribution is -0.159. The third-order valence-corrected chi connectivity index (χ3v) is 3.57. The minimum absolute atomic E-state index is 0.104. The third-order valence-electron chi connectivity index (χ3n) is 3.57. The molecule has 0 radical (unpaired) electrons. The Balaban J connectivity index is 1.65. The number of hydrogen-bond donors (Lipinski definition) is 0. The number of benzene rings is 1. The molecule has 1 aliphatic rings. The van der Waals surface area contributed by atoms with Gasteiger partial charge in [-0.3, -0.25) is 4.79 Å². The second kappa shape index (κ2) is 5.55. The molecule has 2 aromatic rings. The summed E-state index contributed by atoms with van der Waals surface area (Å²) < 4.78 is 41.4. The van der Waals surface area contributed by atoms with Gasteiger partial charge in [-0.1, -0.05) is 29.4 Å². The van der Waals surface area contributed by atoms with Gasteiger partial charge >= 0.3 is 12.1 Å². The summed E-state index contributed by atoms with van der Waals surface area (Å²) in [6.07, 6.45) is -1.51. The van der Waals surface area contributed by atoms with Crippen molar-refractivity contribution in [2.24, 2.45) is 5.92 Å². The Kier molecular flexibility index (Phi) is 3.72. The van der Waals surface area contributed by atoms with Crippen molar-refractivity contribution in [1.82, 2.24) is 10.1 Å². The van der Waals surface area contributed by atoms with Crippen molar-refractivity contribution >= 4 is 5.78 Å². The van der Waals surface area contributed by atoms with Gasteiger partial charge in [0.2, 0.25) is 5.82 Å². The Hall–Kier alpha value is -2.18. The van der Waals surface area contributed by atoms with Gasteiger partial charge in [0.25, 0.3) is 0 Å². The molecule has 1 heterocycles. The molecule has 0 bridgehead atoms. The lowest BCUT2D eigenvalue weighted by Crippen LogP contribution is -2.04. The van der Waals surface area contributed by atoms with E-state index < -0.39 is 12.1 Å². The van der Waals surface area contributed by atoms with Gasteiger partial charge in [-0.2, -0.15) is 18.2 Å². The summed E-state index contributed by atoms with van der Waals surface area (Å²) in [7, 11) is 0. The van der Waals surface area contributed by atoms with Crippen LogP contribution in [0.1, 0.15) is 30.7 Å². The van der Waals surface area contributed by atoms with E-state index in [1.165, 1.54) is 0 Å². The van der Waals surface area contributed by atoms with Crippen molar-refractivity contribution in [3.8, 4) is 11.4 Å². The number of Topliss-reactive ketones (excluding diaryl/α,β-unsaturated/α-hetero) is 1. The van der Waals surface area contributed by atoms with E-state index in [2.05, 4.69) is 14.7 Å². The SMILES string of the molecule is O=C(CCc1ccc(-c2noc(C(F)(F)F)n2)cc1)C1CC1. The fraction of sp³-hybridized carbons (Fsp3) is 0.400. The Bertz CT molecular complexity index is 673. The van der Waals surface area contributed by atoms with Crippen molar-refractivity contribution in [2.75, 3.05) is 0 Å². The van der Waals surface area contributed by atoms with Gasteiger partial charge in [-0.25, -0.2) is 0 Å². The highest BCUT2D eigenvalue weighted by atomic mass is 19.4. The number of carbonyl (C=O) groups excluding carboxylic acids is 1. The van der Waals surface area contributed by atoms with E-state index >= 15 is 0 Å². The molecular weight excluding hydrogens is 297 g/mol. The summed E-state index contributed by atoms with van der Waals surface area (Å²) in [5, 5.41) is 3.33. The second-order valence-electron chi connectivity index (χ2n) is 5.36. The van der Waals surface area contributed by atoms with Gasteiger partial charge in [0, 0.05) is 17.9 Å². The summed E-state index contributed by atoms with van der Waals surface area (Å²) in [5.74, 6) is -0.925. The number of aryl methyl sites for hydroxylation is 1. The summed E-state index contributed by atoms with van der Waals surface area (Å²) in [6.45, 7) is 0.